The van der Waals surface area contributed by atoms with Gasteiger partial charge in [-0.3, -0.25) is 0 Å². The Morgan fingerprint density at radius 2 is 1.50 bits per heavy atom. The van der Waals surface area contributed by atoms with Crippen molar-refractivity contribution >= 4 is 15.7 Å². The van der Waals surface area contributed by atoms with Gasteiger partial charge in [0.05, 0.1) is 4.90 Å². The van der Waals surface area contributed by atoms with Crippen LogP contribution in [0.15, 0.2) is 29.2 Å². The lowest BCUT2D eigenvalue weighted by atomic mass is 10.0. The van der Waals surface area contributed by atoms with Gasteiger partial charge in [0.15, 0.2) is 0 Å². The van der Waals surface area contributed by atoms with Crippen LogP contribution in [0.2, 0.25) is 0 Å². The molecule has 1 fully saturated rings. The van der Waals surface area contributed by atoms with Crippen molar-refractivity contribution in [3.05, 3.63) is 24.3 Å². The van der Waals surface area contributed by atoms with E-state index in [2.05, 4.69) is 33.0 Å². The molecule has 0 heterocycles. The molecule has 2 rings (SSSR count). The Kier molecular flexibility index (Phi) is 2.76. The normalized spacial score (nSPS) is 21.6. The number of benzene rings is 1. The van der Waals surface area contributed by atoms with Crippen LogP contribution >= 0.6 is 0 Å². The van der Waals surface area contributed by atoms with Crippen LogP contribution in [0.3, 0.4) is 0 Å². The van der Waals surface area contributed by atoms with Gasteiger partial charge in [-0.1, -0.05) is 27.7 Å². The van der Waals surface area contributed by atoms with Gasteiger partial charge in [-0.2, -0.15) is 0 Å². The van der Waals surface area contributed by atoms with Crippen molar-refractivity contribution in [2.75, 3.05) is 5.32 Å². The standard InChI is InChI=1S/C13H20N2O2S/c1-12(2)11(13(12,3)4)15-9-5-7-10(8-6-9)18(14,16)17/h5-8,11,15H,1-4H3,(H2,14,16,17). The summed E-state index contributed by atoms with van der Waals surface area (Å²) in [5.74, 6) is 0. The fourth-order valence-corrected chi connectivity index (χ4v) is 2.98. The first-order valence-electron chi connectivity index (χ1n) is 5.96. The van der Waals surface area contributed by atoms with Gasteiger partial charge in [0, 0.05) is 11.7 Å². The van der Waals surface area contributed by atoms with Gasteiger partial charge >= 0.3 is 0 Å². The second-order valence-electron chi connectivity index (χ2n) is 6.09. The number of hydrogen-bond donors (Lipinski definition) is 2. The number of primary sulfonamides is 1. The van der Waals surface area contributed by atoms with E-state index in [9.17, 15) is 8.42 Å². The molecule has 0 amide bonds. The summed E-state index contributed by atoms with van der Waals surface area (Å²) in [5.41, 5.74) is 1.41. The monoisotopic (exact) mass is 268 g/mol. The molecule has 0 atom stereocenters. The molecule has 1 saturated carbocycles. The van der Waals surface area contributed by atoms with E-state index in [1.165, 1.54) is 12.1 Å². The molecule has 4 nitrogen and oxygen atoms in total. The topological polar surface area (TPSA) is 72.2 Å². The van der Waals surface area contributed by atoms with E-state index in [1.807, 2.05) is 0 Å². The maximum Gasteiger partial charge on any atom is 0.238 e. The van der Waals surface area contributed by atoms with Crippen LogP contribution in [0.5, 0.6) is 0 Å². The highest BCUT2D eigenvalue weighted by atomic mass is 32.2. The Morgan fingerprint density at radius 1 is 1.06 bits per heavy atom. The maximum atomic E-state index is 11.1. The van der Waals surface area contributed by atoms with E-state index in [-0.39, 0.29) is 15.7 Å². The molecule has 1 aliphatic carbocycles. The molecular weight excluding hydrogens is 248 g/mol. The third-order valence-electron chi connectivity index (χ3n) is 4.51. The zero-order valence-electron chi connectivity index (χ0n) is 11.2. The first-order chi connectivity index (χ1) is 8.07. The van der Waals surface area contributed by atoms with E-state index in [1.54, 1.807) is 12.1 Å². The van der Waals surface area contributed by atoms with Crippen LogP contribution < -0.4 is 10.5 Å². The first kappa shape index (κ1) is 13.4. The fraction of sp³-hybridized carbons (Fsp3) is 0.538. The van der Waals surface area contributed by atoms with Crippen LogP contribution in [-0.4, -0.2) is 14.5 Å². The van der Waals surface area contributed by atoms with Crippen molar-refractivity contribution in [1.82, 2.24) is 0 Å². The van der Waals surface area contributed by atoms with Gasteiger partial charge in [-0.05, 0) is 35.1 Å². The van der Waals surface area contributed by atoms with Crippen LogP contribution in [0.4, 0.5) is 5.69 Å². The predicted octanol–water partition coefficient (Wildman–Crippen LogP) is 2.18. The fourth-order valence-electron chi connectivity index (χ4n) is 2.46. The Morgan fingerprint density at radius 3 is 1.83 bits per heavy atom. The summed E-state index contributed by atoms with van der Waals surface area (Å²) in [6.45, 7) is 8.90. The lowest BCUT2D eigenvalue weighted by molar-refractivity contribution is 0.457. The van der Waals surface area contributed by atoms with E-state index in [0.717, 1.165) is 5.69 Å². The van der Waals surface area contributed by atoms with E-state index in [0.29, 0.717) is 6.04 Å². The molecular formula is C13H20N2O2S. The second kappa shape index (κ2) is 3.71. The molecule has 0 radical (unpaired) electrons. The highest BCUT2D eigenvalue weighted by Gasteiger charge is 2.64. The lowest BCUT2D eigenvalue weighted by Gasteiger charge is -2.08. The minimum atomic E-state index is -3.61. The zero-order valence-corrected chi connectivity index (χ0v) is 12.0. The summed E-state index contributed by atoms with van der Waals surface area (Å²) in [7, 11) is -3.61. The van der Waals surface area contributed by atoms with Gasteiger partial charge in [-0.25, -0.2) is 13.6 Å². The second-order valence-corrected chi connectivity index (χ2v) is 7.65. The average molecular weight is 268 g/mol. The summed E-state index contributed by atoms with van der Waals surface area (Å²) < 4.78 is 22.3. The highest BCUT2D eigenvalue weighted by Crippen LogP contribution is 2.63. The number of rotatable bonds is 3. The summed E-state index contributed by atoms with van der Waals surface area (Å²) >= 11 is 0. The van der Waals surface area contributed by atoms with Crippen LogP contribution in [-0.2, 0) is 10.0 Å². The Labute approximate surface area is 109 Å². The van der Waals surface area contributed by atoms with E-state index >= 15 is 0 Å². The molecule has 0 spiro atoms. The minimum Gasteiger partial charge on any atom is -0.381 e. The molecule has 0 aromatic heterocycles. The summed E-state index contributed by atoms with van der Waals surface area (Å²) in [5, 5.41) is 8.50. The maximum absolute atomic E-state index is 11.1. The van der Waals surface area contributed by atoms with Gasteiger partial charge in [0.2, 0.25) is 10.0 Å². The first-order valence-corrected chi connectivity index (χ1v) is 7.51. The molecule has 100 valence electrons. The smallest absolute Gasteiger partial charge is 0.238 e. The molecule has 1 aliphatic rings. The quantitative estimate of drug-likeness (QED) is 0.882. The summed E-state index contributed by atoms with van der Waals surface area (Å²) in [6.07, 6.45) is 0. The lowest BCUT2D eigenvalue weighted by Crippen LogP contribution is -2.13. The average Bonchev–Trinajstić information content (AvgIpc) is 2.60. The van der Waals surface area contributed by atoms with Crippen molar-refractivity contribution in [2.24, 2.45) is 16.0 Å². The Balaban J connectivity index is 2.14. The van der Waals surface area contributed by atoms with Crippen molar-refractivity contribution < 1.29 is 8.42 Å². The Bertz CT molecular complexity index is 545. The minimum absolute atomic E-state index is 0.141. The number of anilines is 1. The van der Waals surface area contributed by atoms with Gasteiger partial charge in [0.25, 0.3) is 0 Å². The molecule has 0 aliphatic heterocycles. The van der Waals surface area contributed by atoms with Gasteiger partial charge in [-0.15, -0.1) is 0 Å². The van der Waals surface area contributed by atoms with Crippen molar-refractivity contribution in [1.29, 1.82) is 0 Å². The highest BCUT2D eigenvalue weighted by molar-refractivity contribution is 7.89. The van der Waals surface area contributed by atoms with Crippen molar-refractivity contribution in [3.8, 4) is 0 Å². The van der Waals surface area contributed by atoms with Crippen LogP contribution in [0.1, 0.15) is 27.7 Å². The van der Waals surface area contributed by atoms with E-state index in [4.69, 9.17) is 5.14 Å². The molecule has 0 bridgehead atoms. The van der Waals surface area contributed by atoms with Gasteiger partial charge < -0.3 is 5.32 Å². The van der Waals surface area contributed by atoms with Crippen LogP contribution in [0, 0.1) is 10.8 Å². The number of hydrogen-bond acceptors (Lipinski definition) is 3. The Hall–Kier alpha value is -1.07. The zero-order chi connectivity index (χ0) is 13.8. The SMILES string of the molecule is CC1(C)C(Nc2ccc(S(N)(=O)=O)cc2)C1(C)C. The summed E-state index contributed by atoms with van der Waals surface area (Å²) in [6, 6.07) is 6.96. The molecule has 18 heavy (non-hydrogen) atoms. The predicted molar refractivity (Wildman–Crippen MR) is 72.8 cm³/mol. The molecule has 3 N–H and O–H groups in total. The molecule has 1 aromatic rings. The third-order valence-corrected chi connectivity index (χ3v) is 5.44. The number of nitrogens with one attached hydrogen (secondary N) is 1. The molecule has 5 heteroatoms. The van der Waals surface area contributed by atoms with Crippen molar-refractivity contribution in [3.63, 3.8) is 0 Å². The van der Waals surface area contributed by atoms with Gasteiger partial charge in [0.1, 0.15) is 0 Å². The largest absolute Gasteiger partial charge is 0.381 e. The molecule has 0 unspecified atom stereocenters. The number of sulfonamides is 1. The third kappa shape index (κ3) is 2.01. The number of nitrogens with two attached hydrogens (primary N) is 1. The van der Waals surface area contributed by atoms with E-state index < -0.39 is 10.0 Å². The summed E-state index contributed by atoms with van der Waals surface area (Å²) in [4.78, 5) is 0.141. The molecule has 0 saturated heterocycles. The van der Waals surface area contributed by atoms with Crippen molar-refractivity contribution in [2.45, 2.75) is 38.6 Å². The molecule has 1 aromatic carbocycles. The van der Waals surface area contributed by atoms with Crippen LogP contribution in [0.25, 0.3) is 0 Å².